The lowest BCUT2D eigenvalue weighted by molar-refractivity contribution is -0.121. The average Bonchev–Trinajstić information content (AvgIpc) is 3.17. The predicted molar refractivity (Wildman–Crippen MR) is 106 cm³/mol. The van der Waals surface area contributed by atoms with E-state index in [4.69, 9.17) is 13.9 Å². The van der Waals surface area contributed by atoms with Crippen LogP contribution in [0.15, 0.2) is 39.5 Å². The number of hydrogen-bond donors (Lipinski definition) is 2. The number of hydrogen-bond acceptors (Lipinski definition) is 6. The highest BCUT2D eigenvalue weighted by Gasteiger charge is 2.16. The Hall–Kier alpha value is -3.48. The molecule has 1 aliphatic heterocycles. The monoisotopic (exact) mass is 395 g/mol. The summed E-state index contributed by atoms with van der Waals surface area (Å²) in [4.78, 5) is 24.7. The number of phenols is 1. The fourth-order valence-corrected chi connectivity index (χ4v) is 3.45. The molecule has 4 rings (SSSR count). The number of phenolic OH excluding ortho intramolecular Hbond substituents is 1. The molecule has 0 unspecified atom stereocenters. The van der Waals surface area contributed by atoms with Gasteiger partial charge in [-0.3, -0.25) is 4.79 Å². The van der Waals surface area contributed by atoms with Gasteiger partial charge in [-0.2, -0.15) is 0 Å². The van der Waals surface area contributed by atoms with Crippen LogP contribution in [-0.2, 0) is 17.8 Å². The number of benzene rings is 2. The molecule has 0 radical (unpaired) electrons. The first-order valence-electron chi connectivity index (χ1n) is 9.34. The first kappa shape index (κ1) is 18.9. The summed E-state index contributed by atoms with van der Waals surface area (Å²) in [5, 5.41) is 13.4. The summed E-state index contributed by atoms with van der Waals surface area (Å²) in [6, 6.07) is 8.81. The molecule has 0 saturated heterocycles. The number of rotatable bonds is 5. The minimum absolute atomic E-state index is 0.0793. The van der Waals surface area contributed by atoms with Gasteiger partial charge in [0.05, 0.1) is 0 Å². The molecule has 1 aliphatic rings. The summed E-state index contributed by atoms with van der Waals surface area (Å²) in [7, 11) is 0. The number of carbonyl (C=O) groups excluding carboxylic acids is 1. The van der Waals surface area contributed by atoms with Crippen LogP contribution in [0.2, 0.25) is 0 Å². The summed E-state index contributed by atoms with van der Waals surface area (Å²) >= 11 is 0. The maximum absolute atomic E-state index is 12.4. The van der Waals surface area contributed by atoms with Gasteiger partial charge in [0.15, 0.2) is 11.5 Å². The van der Waals surface area contributed by atoms with Crippen molar-refractivity contribution < 1.29 is 23.8 Å². The largest absolute Gasteiger partial charge is 0.508 e. The van der Waals surface area contributed by atoms with Crippen molar-refractivity contribution in [3.05, 3.63) is 63.0 Å². The maximum Gasteiger partial charge on any atom is 0.339 e. The summed E-state index contributed by atoms with van der Waals surface area (Å²) in [5.41, 5.74) is 2.56. The third-order valence-corrected chi connectivity index (χ3v) is 5.20. The Kier molecular flexibility index (Phi) is 4.88. The van der Waals surface area contributed by atoms with E-state index in [1.807, 2.05) is 25.1 Å². The van der Waals surface area contributed by atoms with Gasteiger partial charge in [0.25, 0.3) is 0 Å². The van der Waals surface area contributed by atoms with Crippen molar-refractivity contribution >= 4 is 16.9 Å². The van der Waals surface area contributed by atoms with E-state index in [1.54, 1.807) is 19.1 Å². The molecular formula is C22H21NO6. The van der Waals surface area contributed by atoms with Crippen LogP contribution in [0.3, 0.4) is 0 Å². The van der Waals surface area contributed by atoms with Crippen molar-refractivity contribution in [1.82, 2.24) is 5.32 Å². The summed E-state index contributed by atoms with van der Waals surface area (Å²) in [6.45, 7) is 4.09. The molecule has 29 heavy (non-hydrogen) atoms. The first-order valence-corrected chi connectivity index (χ1v) is 9.34. The van der Waals surface area contributed by atoms with E-state index in [0.717, 1.165) is 16.5 Å². The third-order valence-electron chi connectivity index (χ3n) is 5.20. The fourth-order valence-electron chi connectivity index (χ4n) is 3.45. The number of carbonyl (C=O) groups is 1. The van der Waals surface area contributed by atoms with Gasteiger partial charge in [-0.1, -0.05) is 6.07 Å². The van der Waals surface area contributed by atoms with Gasteiger partial charge in [-0.05, 0) is 55.7 Å². The van der Waals surface area contributed by atoms with Crippen molar-refractivity contribution in [2.24, 2.45) is 0 Å². The van der Waals surface area contributed by atoms with E-state index in [1.165, 1.54) is 0 Å². The molecule has 1 amide bonds. The quantitative estimate of drug-likeness (QED) is 0.644. The van der Waals surface area contributed by atoms with Crippen LogP contribution in [0.5, 0.6) is 17.2 Å². The fraction of sp³-hybridized carbons (Fsp3) is 0.273. The number of fused-ring (bicyclic) bond motifs is 2. The lowest BCUT2D eigenvalue weighted by Crippen LogP contribution is -2.24. The minimum Gasteiger partial charge on any atom is -0.508 e. The highest BCUT2D eigenvalue weighted by molar-refractivity contribution is 5.85. The molecule has 2 heterocycles. The minimum atomic E-state index is -0.479. The van der Waals surface area contributed by atoms with E-state index < -0.39 is 5.63 Å². The van der Waals surface area contributed by atoms with Crippen molar-refractivity contribution in [3.63, 3.8) is 0 Å². The molecule has 7 heteroatoms. The molecule has 0 aliphatic carbocycles. The Morgan fingerprint density at radius 1 is 1.10 bits per heavy atom. The molecule has 7 nitrogen and oxygen atoms in total. The van der Waals surface area contributed by atoms with Gasteiger partial charge in [-0.15, -0.1) is 0 Å². The van der Waals surface area contributed by atoms with Crippen LogP contribution in [-0.4, -0.2) is 17.8 Å². The Balaban J connectivity index is 1.43. The maximum atomic E-state index is 12.4. The van der Waals surface area contributed by atoms with Gasteiger partial charge >= 0.3 is 5.63 Å². The van der Waals surface area contributed by atoms with E-state index in [-0.39, 0.29) is 31.3 Å². The molecular weight excluding hydrogens is 374 g/mol. The molecule has 0 atom stereocenters. The number of nitrogens with one attached hydrogen (secondary N) is 1. The average molecular weight is 395 g/mol. The topological polar surface area (TPSA) is 98.0 Å². The van der Waals surface area contributed by atoms with Gasteiger partial charge in [0, 0.05) is 29.5 Å². The number of amides is 1. The van der Waals surface area contributed by atoms with Crippen LogP contribution in [0.25, 0.3) is 11.0 Å². The Labute approximate surface area is 166 Å². The standard InChI is InChI=1S/C22H21NO6/c1-12-15-4-6-17(24)13(2)21(15)29-22(26)16(12)5-8-20(25)23-10-14-3-7-18-19(9-14)28-11-27-18/h3-4,6-7,9,24H,5,8,10-11H2,1-2H3,(H,23,25). The lowest BCUT2D eigenvalue weighted by atomic mass is 10.0. The molecule has 0 fully saturated rings. The predicted octanol–water partition coefficient (Wildman–Crippen LogP) is 3.09. The van der Waals surface area contributed by atoms with E-state index in [9.17, 15) is 14.7 Å². The summed E-state index contributed by atoms with van der Waals surface area (Å²) in [5.74, 6) is 1.28. The molecule has 2 N–H and O–H groups in total. The molecule has 0 spiro atoms. The van der Waals surface area contributed by atoms with Crippen LogP contribution in [0.1, 0.15) is 28.7 Å². The van der Waals surface area contributed by atoms with Crippen LogP contribution < -0.4 is 20.4 Å². The Morgan fingerprint density at radius 3 is 2.72 bits per heavy atom. The van der Waals surface area contributed by atoms with Crippen LogP contribution in [0, 0.1) is 13.8 Å². The smallest absolute Gasteiger partial charge is 0.339 e. The number of ether oxygens (including phenoxy) is 2. The third kappa shape index (κ3) is 3.63. The lowest BCUT2D eigenvalue weighted by Gasteiger charge is -2.10. The van der Waals surface area contributed by atoms with Crippen LogP contribution >= 0.6 is 0 Å². The Morgan fingerprint density at radius 2 is 1.90 bits per heavy atom. The molecule has 1 aromatic heterocycles. The number of aryl methyl sites for hydroxylation is 2. The van der Waals surface area contributed by atoms with Crippen molar-refractivity contribution in [1.29, 1.82) is 0 Å². The summed E-state index contributed by atoms with van der Waals surface area (Å²) in [6.07, 6.45) is 0.440. The SMILES string of the molecule is Cc1c(CCC(=O)NCc2ccc3c(c2)OCO3)c(=O)oc2c(C)c(O)ccc12. The molecule has 2 aromatic carbocycles. The number of aromatic hydroxyl groups is 1. The second-order valence-corrected chi connectivity index (χ2v) is 7.04. The molecule has 150 valence electrons. The highest BCUT2D eigenvalue weighted by Crippen LogP contribution is 2.32. The normalized spacial score (nSPS) is 12.3. The van der Waals surface area contributed by atoms with E-state index >= 15 is 0 Å². The summed E-state index contributed by atoms with van der Waals surface area (Å²) < 4.78 is 16.0. The molecule has 0 saturated carbocycles. The molecule has 0 bridgehead atoms. The first-order chi connectivity index (χ1) is 13.9. The van der Waals surface area contributed by atoms with E-state index in [2.05, 4.69) is 5.32 Å². The second kappa shape index (κ2) is 7.50. The second-order valence-electron chi connectivity index (χ2n) is 7.04. The van der Waals surface area contributed by atoms with Crippen molar-refractivity contribution in [3.8, 4) is 17.2 Å². The van der Waals surface area contributed by atoms with E-state index in [0.29, 0.717) is 34.8 Å². The zero-order chi connectivity index (χ0) is 20.5. The van der Waals surface area contributed by atoms with Gasteiger partial charge in [-0.25, -0.2) is 4.79 Å². The van der Waals surface area contributed by atoms with Crippen LogP contribution in [0.4, 0.5) is 0 Å². The van der Waals surface area contributed by atoms with Crippen molar-refractivity contribution in [2.45, 2.75) is 33.2 Å². The Bertz CT molecular complexity index is 1160. The zero-order valence-electron chi connectivity index (χ0n) is 16.2. The zero-order valence-corrected chi connectivity index (χ0v) is 16.2. The van der Waals surface area contributed by atoms with Gasteiger partial charge in [0.2, 0.25) is 12.7 Å². The molecule has 3 aromatic rings. The van der Waals surface area contributed by atoms with Gasteiger partial charge < -0.3 is 24.3 Å². The van der Waals surface area contributed by atoms with Gasteiger partial charge in [0.1, 0.15) is 11.3 Å². The van der Waals surface area contributed by atoms with Crippen molar-refractivity contribution in [2.75, 3.05) is 6.79 Å². The highest BCUT2D eigenvalue weighted by atomic mass is 16.7.